The van der Waals surface area contributed by atoms with Crippen molar-refractivity contribution in [1.29, 1.82) is 0 Å². The van der Waals surface area contributed by atoms with Gasteiger partial charge in [-0.1, -0.05) is 0 Å². The number of H-pyrrole nitrogens is 1. The first-order valence-corrected chi connectivity index (χ1v) is 7.62. The summed E-state index contributed by atoms with van der Waals surface area (Å²) < 4.78 is 0. The summed E-state index contributed by atoms with van der Waals surface area (Å²) in [7, 11) is 0. The number of amides is 1. The molecule has 2 aromatic rings. The average Bonchev–Trinajstić information content (AvgIpc) is 3.04. The number of thioether (sulfide) groups is 1. The molecule has 0 unspecified atom stereocenters. The van der Waals surface area contributed by atoms with Crippen LogP contribution in [0.2, 0.25) is 0 Å². The molecule has 0 spiro atoms. The van der Waals surface area contributed by atoms with Gasteiger partial charge in [-0.15, -0.1) is 11.3 Å². The molecule has 1 aliphatic heterocycles. The van der Waals surface area contributed by atoms with E-state index in [4.69, 9.17) is 0 Å². The second kappa shape index (κ2) is 5.11. The highest BCUT2D eigenvalue weighted by molar-refractivity contribution is 7.98. The molecule has 2 N–H and O–H groups in total. The molecule has 0 aromatic carbocycles. The number of nitrogens with zero attached hydrogens (tertiary/aromatic N) is 2. The van der Waals surface area contributed by atoms with Crippen molar-refractivity contribution in [2.75, 3.05) is 5.75 Å². The number of carbonyl (C=O) groups is 1. The SMILES string of the molecule is O=C(NCc1ncn[nH]1)c1cc2c(s1)CCSC2. The Balaban J connectivity index is 1.67. The largest absolute Gasteiger partial charge is 0.344 e. The maximum absolute atomic E-state index is 12.0. The van der Waals surface area contributed by atoms with Gasteiger partial charge in [-0.05, 0) is 23.8 Å². The fourth-order valence-corrected chi connectivity index (χ4v) is 4.11. The Labute approximate surface area is 112 Å². The topological polar surface area (TPSA) is 70.7 Å². The zero-order chi connectivity index (χ0) is 12.4. The van der Waals surface area contributed by atoms with E-state index >= 15 is 0 Å². The summed E-state index contributed by atoms with van der Waals surface area (Å²) in [6.07, 6.45) is 2.52. The molecule has 3 rings (SSSR count). The van der Waals surface area contributed by atoms with Gasteiger partial charge in [0.25, 0.3) is 5.91 Å². The van der Waals surface area contributed by atoms with Crippen molar-refractivity contribution in [2.45, 2.75) is 18.7 Å². The van der Waals surface area contributed by atoms with Crippen molar-refractivity contribution in [3.63, 3.8) is 0 Å². The molecule has 0 fully saturated rings. The molecular formula is C11H12N4OS2. The first-order valence-electron chi connectivity index (χ1n) is 5.64. The Morgan fingerprint density at radius 1 is 1.56 bits per heavy atom. The molecule has 94 valence electrons. The highest BCUT2D eigenvalue weighted by Gasteiger charge is 2.17. The Kier molecular flexibility index (Phi) is 3.33. The van der Waals surface area contributed by atoms with Crippen LogP contribution in [0.1, 0.15) is 25.9 Å². The molecule has 3 heterocycles. The summed E-state index contributed by atoms with van der Waals surface area (Å²) in [5.41, 5.74) is 1.32. The van der Waals surface area contributed by atoms with E-state index in [-0.39, 0.29) is 5.91 Å². The molecule has 0 saturated carbocycles. The maximum atomic E-state index is 12.0. The van der Waals surface area contributed by atoms with E-state index in [0.717, 1.165) is 22.8 Å². The predicted octanol–water partition coefficient (Wildman–Crippen LogP) is 1.59. The average molecular weight is 280 g/mol. The lowest BCUT2D eigenvalue weighted by Gasteiger charge is -2.08. The van der Waals surface area contributed by atoms with Crippen LogP contribution in [0.3, 0.4) is 0 Å². The Morgan fingerprint density at radius 2 is 2.50 bits per heavy atom. The zero-order valence-electron chi connectivity index (χ0n) is 9.60. The fourth-order valence-electron chi connectivity index (χ4n) is 1.83. The van der Waals surface area contributed by atoms with Gasteiger partial charge in [-0.2, -0.15) is 16.9 Å². The van der Waals surface area contributed by atoms with Crippen LogP contribution in [0, 0.1) is 0 Å². The third-order valence-corrected chi connectivity index (χ3v) is 4.98. The quantitative estimate of drug-likeness (QED) is 0.895. The number of aromatic amines is 1. The van der Waals surface area contributed by atoms with E-state index in [2.05, 4.69) is 20.5 Å². The number of aromatic nitrogens is 3. The van der Waals surface area contributed by atoms with Crippen LogP contribution in [-0.4, -0.2) is 26.8 Å². The number of rotatable bonds is 3. The second-order valence-electron chi connectivity index (χ2n) is 3.98. The molecule has 5 nitrogen and oxygen atoms in total. The smallest absolute Gasteiger partial charge is 0.261 e. The van der Waals surface area contributed by atoms with Gasteiger partial charge >= 0.3 is 0 Å². The molecule has 0 bridgehead atoms. The second-order valence-corrected chi connectivity index (χ2v) is 6.22. The van der Waals surface area contributed by atoms with Crippen LogP contribution >= 0.6 is 23.1 Å². The van der Waals surface area contributed by atoms with Gasteiger partial charge in [0, 0.05) is 10.6 Å². The van der Waals surface area contributed by atoms with Gasteiger partial charge in [0.15, 0.2) is 0 Å². The predicted molar refractivity (Wildman–Crippen MR) is 71.7 cm³/mol. The highest BCUT2D eigenvalue weighted by Crippen LogP contribution is 2.31. The summed E-state index contributed by atoms with van der Waals surface area (Å²) in [4.78, 5) is 18.1. The molecule has 0 saturated heterocycles. The molecule has 2 aromatic heterocycles. The Bertz CT molecular complexity index is 526. The van der Waals surface area contributed by atoms with Crippen molar-refractivity contribution in [3.05, 3.63) is 33.5 Å². The third kappa shape index (κ3) is 2.41. The van der Waals surface area contributed by atoms with Crippen LogP contribution in [-0.2, 0) is 18.7 Å². The Hall–Kier alpha value is -1.34. The first kappa shape index (κ1) is 11.7. The van der Waals surface area contributed by atoms with E-state index < -0.39 is 0 Å². The van der Waals surface area contributed by atoms with Crippen molar-refractivity contribution in [2.24, 2.45) is 0 Å². The molecule has 7 heteroatoms. The number of aryl methyl sites for hydroxylation is 1. The van der Waals surface area contributed by atoms with Gasteiger partial charge in [0.05, 0.1) is 11.4 Å². The summed E-state index contributed by atoms with van der Waals surface area (Å²) in [5, 5.41) is 9.30. The lowest BCUT2D eigenvalue weighted by Crippen LogP contribution is -2.22. The normalized spacial score (nSPS) is 14.2. The minimum atomic E-state index is -0.0317. The van der Waals surface area contributed by atoms with Gasteiger partial charge in [-0.25, -0.2) is 4.98 Å². The monoisotopic (exact) mass is 280 g/mol. The number of nitrogens with one attached hydrogen (secondary N) is 2. The molecule has 1 amide bonds. The molecule has 0 atom stereocenters. The molecule has 18 heavy (non-hydrogen) atoms. The zero-order valence-corrected chi connectivity index (χ0v) is 11.2. The molecular weight excluding hydrogens is 268 g/mol. The number of fused-ring (bicyclic) bond motifs is 1. The number of hydrogen-bond donors (Lipinski definition) is 2. The van der Waals surface area contributed by atoms with Crippen molar-refractivity contribution in [3.8, 4) is 0 Å². The summed E-state index contributed by atoms with van der Waals surface area (Å²) in [5.74, 6) is 2.82. The molecule has 1 aliphatic rings. The van der Waals surface area contributed by atoms with E-state index in [9.17, 15) is 4.79 Å². The summed E-state index contributed by atoms with van der Waals surface area (Å²) in [6, 6.07) is 2.02. The minimum Gasteiger partial charge on any atom is -0.344 e. The van der Waals surface area contributed by atoms with Crippen LogP contribution < -0.4 is 5.32 Å². The molecule has 0 aliphatic carbocycles. The number of thiophene rings is 1. The third-order valence-electron chi connectivity index (χ3n) is 2.73. The minimum absolute atomic E-state index is 0.0317. The number of carbonyl (C=O) groups excluding carboxylic acids is 1. The van der Waals surface area contributed by atoms with Crippen molar-refractivity contribution < 1.29 is 4.79 Å². The first-order chi connectivity index (χ1) is 8.83. The van der Waals surface area contributed by atoms with E-state index in [1.165, 1.54) is 16.8 Å². The van der Waals surface area contributed by atoms with E-state index in [1.54, 1.807) is 11.3 Å². The maximum Gasteiger partial charge on any atom is 0.261 e. The Morgan fingerprint density at radius 3 is 3.28 bits per heavy atom. The highest BCUT2D eigenvalue weighted by atomic mass is 32.2. The summed E-state index contributed by atoms with van der Waals surface area (Å²) >= 11 is 3.53. The molecule has 0 radical (unpaired) electrons. The van der Waals surface area contributed by atoms with Crippen LogP contribution in [0.15, 0.2) is 12.4 Å². The van der Waals surface area contributed by atoms with Crippen molar-refractivity contribution >= 4 is 29.0 Å². The van der Waals surface area contributed by atoms with E-state index in [0.29, 0.717) is 12.4 Å². The summed E-state index contributed by atoms with van der Waals surface area (Å²) in [6.45, 7) is 0.385. The van der Waals surface area contributed by atoms with Crippen molar-refractivity contribution in [1.82, 2.24) is 20.5 Å². The van der Waals surface area contributed by atoms with Gasteiger partial charge < -0.3 is 5.32 Å². The van der Waals surface area contributed by atoms with E-state index in [1.807, 2.05) is 17.8 Å². The van der Waals surface area contributed by atoms with Crippen LogP contribution in [0.5, 0.6) is 0 Å². The van der Waals surface area contributed by atoms with Gasteiger partial charge in [-0.3, -0.25) is 9.89 Å². The standard InChI is InChI=1S/C11H12N4OS2/c16-11(12-4-10-13-6-14-15-10)9-3-7-5-17-2-1-8(7)18-9/h3,6H,1-2,4-5H2,(H,12,16)(H,13,14,15). The van der Waals surface area contributed by atoms with Crippen LogP contribution in [0.4, 0.5) is 0 Å². The fraction of sp³-hybridized carbons (Fsp3) is 0.364. The lowest BCUT2D eigenvalue weighted by atomic mass is 10.2. The number of hydrogen-bond acceptors (Lipinski definition) is 5. The van der Waals surface area contributed by atoms with Gasteiger partial charge in [0.1, 0.15) is 12.2 Å². The van der Waals surface area contributed by atoms with Crippen LogP contribution in [0.25, 0.3) is 0 Å². The van der Waals surface area contributed by atoms with Gasteiger partial charge in [0.2, 0.25) is 0 Å². The lowest BCUT2D eigenvalue weighted by molar-refractivity contribution is 0.0954.